The Labute approximate surface area is 173 Å². The van der Waals surface area contributed by atoms with Gasteiger partial charge in [0, 0.05) is 18.8 Å². The molecule has 0 radical (unpaired) electrons. The van der Waals surface area contributed by atoms with E-state index in [9.17, 15) is 9.59 Å². The lowest BCUT2D eigenvalue weighted by Crippen LogP contribution is -2.36. The summed E-state index contributed by atoms with van der Waals surface area (Å²) >= 11 is 0. The molecule has 0 aliphatic carbocycles. The van der Waals surface area contributed by atoms with Crippen molar-refractivity contribution in [2.45, 2.75) is 46.5 Å². The van der Waals surface area contributed by atoms with Crippen LogP contribution in [0.2, 0.25) is 0 Å². The lowest BCUT2D eigenvalue weighted by atomic mass is 10.0. The highest BCUT2D eigenvalue weighted by atomic mass is 16.2. The van der Waals surface area contributed by atoms with Crippen molar-refractivity contribution in [2.75, 3.05) is 18.0 Å². The first-order valence-electron chi connectivity index (χ1n) is 10.6. The number of amides is 2. The fraction of sp³-hybridized carbons (Fsp3) is 0.360. The summed E-state index contributed by atoms with van der Waals surface area (Å²) < 4.78 is 0. The molecule has 0 atom stereocenters. The lowest BCUT2D eigenvalue weighted by molar-refractivity contribution is -0.137. The molecule has 4 nitrogen and oxygen atoms in total. The first-order chi connectivity index (χ1) is 14.1. The van der Waals surface area contributed by atoms with E-state index >= 15 is 0 Å². The fourth-order valence-electron chi connectivity index (χ4n) is 3.77. The van der Waals surface area contributed by atoms with Crippen LogP contribution in [0.1, 0.15) is 50.7 Å². The van der Waals surface area contributed by atoms with Crippen molar-refractivity contribution in [2.24, 2.45) is 0 Å². The summed E-state index contributed by atoms with van der Waals surface area (Å²) in [5.41, 5.74) is 3.84. The molecule has 1 aliphatic rings. The van der Waals surface area contributed by atoms with Gasteiger partial charge in [-0.15, -0.1) is 0 Å². The number of likely N-dealkylation sites (N-methyl/N-ethyl adjacent to an activating group) is 1. The van der Waals surface area contributed by atoms with Crippen LogP contribution < -0.4 is 4.90 Å². The van der Waals surface area contributed by atoms with Crippen molar-refractivity contribution >= 4 is 23.1 Å². The number of imide groups is 1. The average molecular weight is 391 g/mol. The van der Waals surface area contributed by atoms with Gasteiger partial charge in [0.2, 0.25) is 0 Å². The highest BCUT2D eigenvalue weighted by molar-refractivity contribution is 6.36. The highest BCUT2D eigenvalue weighted by Crippen LogP contribution is 2.34. The van der Waals surface area contributed by atoms with Crippen molar-refractivity contribution in [3.8, 4) is 0 Å². The number of carbonyl (C=O) groups is 2. The molecule has 0 fully saturated rings. The van der Waals surface area contributed by atoms with Crippen LogP contribution in [-0.4, -0.2) is 29.8 Å². The zero-order valence-corrected chi connectivity index (χ0v) is 17.6. The molecule has 1 aliphatic heterocycles. The predicted molar refractivity (Wildman–Crippen MR) is 118 cm³/mol. The van der Waals surface area contributed by atoms with Gasteiger partial charge in [0.1, 0.15) is 5.70 Å². The fourth-order valence-corrected chi connectivity index (χ4v) is 3.77. The van der Waals surface area contributed by atoms with E-state index in [-0.39, 0.29) is 11.8 Å². The molecule has 2 aromatic rings. The van der Waals surface area contributed by atoms with Crippen LogP contribution in [0.15, 0.2) is 60.3 Å². The number of aryl methyl sites for hydroxylation is 1. The zero-order chi connectivity index (χ0) is 20.8. The number of hydrogen-bond acceptors (Lipinski definition) is 3. The summed E-state index contributed by atoms with van der Waals surface area (Å²) in [5, 5.41) is 0. The Kier molecular flexibility index (Phi) is 6.86. The third-order valence-corrected chi connectivity index (χ3v) is 5.37. The maximum Gasteiger partial charge on any atom is 0.278 e. The Bertz CT molecular complexity index is 885. The predicted octanol–water partition coefficient (Wildman–Crippen LogP) is 5.18. The van der Waals surface area contributed by atoms with Gasteiger partial charge in [-0.25, -0.2) is 0 Å². The molecule has 0 N–H and O–H groups in total. The maximum atomic E-state index is 13.4. The van der Waals surface area contributed by atoms with Crippen molar-refractivity contribution in [3.63, 3.8) is 0 Å². The van der Waals surface area contributed by atoms with E-state index in [0.29, 0.717) is 24.4 Å². The van der Waals surface area contributed by atoms with Crippen LogP contribution in [-0.2, 0) is 9.59 Å². The van der Waals surface area contributed by atoms with Crippen molar-refractivity contribution in [1.82, 2.24) is 4.90 Å². The van der Waals surface area contributed by atoms with Crippen LogP contribution >= 0.6 is 0 Å². The molecule has 29 heavy (non-hydrogen) atoms. The van der Waals surface area contributed by atoms with Crippen molar-refractivity contribution < 1.29 is 9.59 Å². The summed E-state index contributed by atoms with van der Waals surface area (Å²) in [5.74, 6) is -0.368. The molecule has 3 rings (SSSR count). The molecule has 4 heteroatoms. The van der Waals surface area contributed by atoms with Crippen LogP contribution in [0.5, 0.6) is 0 Å². The normalized spacial score (nSPS) is 14.1. The number of benzene rings is 2. The molecule has 0 unspecified atom stereocenters. The molecular formula is C25H30N2O2. The number of para-hydroxylation sites is 1. The molecule has 0 saturated heterocycles. The Hall–Kier alpha value is -2.88. The third kappa shape index (κ3) is 4.42. The smallest absolute Gasteiger partial charge is 0.278 e. The van der Waals surface area contributed by atoms with Crippen LogP contribution in [0.3, 0.4) is 0 Å². The van der Waals surface area contributed by atoms with E-state index in [2.05, 4.69) is 6.92 Å². The van der Waals surface area contributed by atoms with Gasteiger partial charge in [-0.3, -0.25) is 14.5 Å². The second-order valence-corrected chi connectivity index (χ2v) is 7.49. The van der Waals surface area contributed by atoms with E-state index in [1.165, 1.54) is 4.90 Å². The second-order valence-electron chi connectivity index (χ2n) is 7.49. The summed E-state index contributed by atoms with van der Waals surface area (Å²) in [4.78, 5) is 30.2. The van der Waals surface area contributed by atoms with E-state index < -0.39 is 0 Å². The van der Waals surface area contributed by atoms with Gasteiger partial charge in [-0.2, -0.15) is 0 Å². The molecular weight excluding hydrogens is 360 g/mol. The van der Waals surface area contributed by atoms with Crippen LogP contribution in [0.4, 0.5) is 5.69 Å². The largest absolute Gasteiger partial charge is 0.337 e. The second kappa shape index (κ2) is 9.55. The standard InChI is InChI=1S/C25H30N2O2/c1-4-6-7-11-18-27-24(28)22(20-16-14-19(3)15-17-20)23(25(27)29)26(5-2)21-12-9-8-10-13-21/h8-10,12-17H,4-7,11,18H2,1-3H3. The molecule has 0 saturated carbocycles. The van der Waals surface area contributed by atoms with E-state index in [1.807, 2.05) is 73.3 Å². The van der Waals surface area contributed by atoms with Crippen molar-refractivity contribution in [3.05, 3.63) is 71.4 Å². The summed E-state index contributed by atoms with van der Waals surface area (Å²) in [7, 11) is 0. The molecule has 2 aromatic carbocycles. The molecule has 0 bridgehead atoms. The number of hydrogen-bond donors (Lipinski definition) is 0. The molecule has 2 amide bonds. The first-order valence-corrected chi connectivity index (χ1v) is 10.6. The van der Waals surface area contributed by atoms with Gasteiger partial charge >= 0.3 is 0 Å². The average Bonchev–Trinajstić information content (AvgIpc) is 2.98. The first kappa shape index (κ1) is 20.8. The number of unbranched alkanes of at least 4 members (excludes halogenated alkanes) is 3. The molecule has 0 aromatic heterocycles. The zero-order valence-electron chi connectivity index (χ0n) is 17.6. The van der Waals surface area contributed by atoms with E-state index in [0.717, 1.165) is 42.5 Å². The van der Waals surface area contributed by atoms with Gasteiger partial charge in [-0.1, -0.05) is 74.2 Å². The lowest BCUT2D eigenvalue weighted by Gasteiger charge is -2.25. The SMILES string of the molecule is CCCCCCN1C(=O)C(c2ccc(C)cc2)=C(N(CC)c2ccccc2)C1=O. The minimum Gasteiger partial charge on any atom is -0.337 e. The quantitative estimate of drug-likeness (QED) is 0.437. The van der Waals surface area contributed by atoms with Gasteiger partial charge < -0.3 is 4.90 Å². The summed E-state index contributed by atoms with van der Waals surface area (Å²) in [6.07, 6.45) is 4.11. The van der Waals surface area contributed by atoms with Crippen LogP contribution in [0, 0.1) is 6.92 Å². The number of rotatable bonds is 9. The Balaban J connectivity index is 2.03. The van der Waals surface area contributed by atoms with Crippen molar-refractivity contribution in [1.29, 1.82) is 0 Å². The van der Waals surface area contributed by atoms with Gasteiger partial charge in [0.15, 0.2) is 0 Å². The van der Waals surface area contributed by atoms with Crippen LogP contribution in [0.25, 0.3) is 5.57 Å². The van der Waals surface area contributed by atoms with Gasteiger partial charge in [-0.05, 0) is 38.0 Å². The topological polar surface area (TPSA) is 40.6 Å². The number of anilines is 1. The molecule has 1 heterocycles. The minimum atomic E-state index is -0.187. The Morgan fingerprint density at radius 2 is 1.52 bits per heavy atom. The molecule has 0 spiro atoms. The Morgan fingerprint density at radius 3 is 2.14 bits per heavy atom. The van der Waals surface area contributed by atoms with E-state index in [4.69, 9.17) is 0 Å². The van der Waals surface area contributed by atoms with Gasteiger partial charge in [0.25, 0.3) is 11.8 Å². The Morgan fingerprint density at radius 1 is 0.828 bits per heavy atom. The minimum absolute atomic E-state index is 0.181. The molecule has 152 valence electrons. The number of carbonyl (C=O) groups excluding carboxylic acids is 2. The highest BCUT2D eigenvalue weighted by Gasteiger charge is 2.41. The summed E-state index contributed by atoms with van der Waals surface area (Å²) in [6, 6.07) is 17.7. The maximum absolute atomic E-state index is 13.4. The summed E-state index contributed by atoms with van der Waals surface area (Å²) in [6.45, 7) is 7.26. The van der Waals surface area contributed by atoms with Gasteiger partial charge in [0.05, 0.1) is 5.57 Å². The number of nitrogens with zero attached hydrogens (tertiary/aromatic N) is 2. The third-order valence-electron chi connectivity index (χ3n) is 5.37. The monoisotopic (exact) mass is 390 g/mol. The van der Waals surface area contributed by atoms with E-state index in [1.54, 1.807) is 0 Å².